The molecule has 0 unspecified atom stereocenters. The van der Waals surface area contributed by atoms with Crippen molar-refractivity contribution < 1.29 is 0 Å². The largest absolute Gasteiger partial charge is 0.0841 e. The van der Waals surface area contributed by atoms with E-state index in [-0.39, 0.29) is 0 Å². The van der Waals surface area contributed by atoms with Crippen molar-refractivity contribution in [3.8, 4) is 0 Å². The Kier molecular flexibility index (Phi) is 6.26. The van der Waals surface area contributed by atoms with Gasteiger partial charge in [0.25, 0.3) is 0 Å². The SMILES string of the molecule is C/C=C(C)\[C]=C\C=C(C)C=CC1=C(C)CCCC1(C)C. The quantitative estimate of drug-likeness (QED) is 0.522. The smallest absolute Gasteiger partial charge is 0.0104 e. The van der Waals surface area contributed by atoms with Crippen LogP contribution < -0.4 is 0 Å². The molecule has 0 amide bonds. The summed E-state index contributed by atoms with van der Waals surface area (Å²) in [5, 5.41) is 0. The predicted octanol–water partition coefficient (Wildman–Crippen LogP) is 6.34. The second kappa shape index (κ2) is 7.47. The summed E-state index contributed by atoms with van der Waals surface area (Å²) in [5.41, 5.74) is 5.84. The highest BCUT2D eigenvalue weighted by atomic mass is 14.3. The van der Waals surface area contributed by atoms with Gasteiger partial charge >= 0.3 is 0 Å². The van der Waals surface area contributed by atoms with Crippen LogP contribution >= 0.6 is 0 Å². The Morgan fingerprint density at radius 1 is 1.25 bits per heavy atom. The topological polar surface area (TPSA) is 0 Å². The van der Waals surface area contributed by atoms with Gasteiger partial charge in [-0.2, -0.15) is 0 Å². The normalized spacial score (nSPS) is 21.3. The summed E-state index contributed by atoms with van der Waals surface area (Å²) in [6.07, 6.45) is 17.8. The maximum atomic E-state index is 3.24. The third kappa shape index (κ3) is 5.00. The fourth-order valence-electron chi connectivity index (χ4n) is 2.67. The molecular formula is C20H29. The lowest BCUT2D eigenvalue weighted by atomic mass is 9.72. The molecule has 0 bridgehead atoms. The minimum atomic E-state index is 0.322. The van der Waals surface area contributed by atoms with Gasteiger partial charge in [0.05, 0.1) is 0 Å². The monoisotopic (exact) mass is 269 g/mol. The molecule has 0 aromatic carbocycles. The Hall–Kier alpha value is -1.30. The van der Waals surface area contributed by atoms with Gasteiger partial charge in [-0.25, -0.2) is 0 Å². The molecule has 109 valence electrons. The van der Waals surface area contributed by atoms with Crippen molar-refractivity contribution in [3.63, 3.8) is 0 Å². The second-order valence-corrected chi connectivity index (χ2v) is 6.46. The Morgan fingerprint density at radius 3 is 2.55 bits per heavy atom. The van der Waals surface area contributed by atoms with Gasteiger partial charge in [-0.05, 0) is 69.6 Å². The Morgan fingerprint density at radius 2 is 1.95 bits per heavy atom. The van der Waals surface area contributed by atoms with Crippen LogP contribution in [-0.2, 0) is 0 Å². The molecule has 0 atom stereocenters. The number of rotatable bonds is 4. The highest BCUT2D eigenvalue weighted by Crippen LogP contribution is 2.40. The van der Waals surface area contributed by atoms with Gasteiger partial charge in [-0.15, -0.1) is 0 Å². The third-order valence-electron chi connectivity index (χ3n) is 4.15. The van der Waals surface area contributed by atoms with E-state index < -0.39 is 0 Å². The molecule has 1 rings (SSSR count). The zero-order valence-electron chi connectivity index (χ0n) is 14.0. The van der Waals surface area contributed by atoms with Crippen LogP contribution in [0.2, 0.25) is 0 Å². The lowest BCUT2D eigenvalue weighted by Gasteiger charge is -2.32. The summed E-state index contributed by atoms with van der Waals surface area (Å²) < 4.78 is 0. The minimum absolute atomic E-state index is 0.322. The van der Waals surface area contributed by atoms with Gasteiger partial charge < -0.3 is 0 Å². The van der Waals surface area contributed by atoms with Gasteiger partial charge in [-0.1, -0.05) is 55.4 Å². The molecule has 0 aliphatic heterocycles. The van der Waals surface area contributed by atoms with Crippen molar-refractivity contribution >= 4 is 0 Å². The van der Waals surface area contributed by atoms with Crippen LogP contribution in [-0.4, -0.2) is 0 Å². The van der Waals surface area contributed by atoms with Crippen molar-refractivity contribution in [1.29, 1.82) is 0 Å². The molecule has 0 heterocycles. The van der Waals surface area contributed by atoms with Crippen LogP contribution in [0.25, 0.3) is 0 Å². The minimum Gasteiger partial charge on any atom is -0.0841 e. The van der Waals surface area contributed by atoms with Crippen LogP contribution in [0.15, 0.2) is 52.7 Å². The molecule has 0 aromatic rings. The first-order valence-corrected chi connectivity index (χ1v) is 7.64. The summed E-state index contributed by atoms with van der Waals surface area (Å²) in [6.45, 7) is 13.2. The summed E-state index contributed by atoms with van der Waals surface area (Å²) in [7, 11) is 0. The van der Waals surface area contributed by atoms with Crippen molar-refractivity contribution in [2.24, 2.45) is 5.41 Å². The summed E-state index contributed by atoms with van der Waals surface area (Å²) >= 11 is 0. The molecule has 0 spiro atoms. The first kappa shape index (κ1) is 16.8. The maximum Gasteiger partial charge on any atom is -0.0104 e. The van der Waals surface area contributed by atoms with E-state index >= 15 is 0 Å². The van der Waals surface area contributed by atoms with Crippen LogP contribution in [0.5, 0.6) is 0 Å². The molecule has 1 aliphatic carbocycles. The molecule has 0 saturated heterocycles. The first-order valence-electron chi connectivity index (χ1n) is 7.64. The van der Waals surface area contributed by atoms with E-state index in [0.29, 0.717) is 5.41 Å². The summed E-state index contributed by atoms with van der Waals surface area (Å²) in [6, 6.07) is 0. The van der Waals surface area contributed by atoms with Gasteiger partial charge in [0.2, 0.25) is 0 Å². The van der Waals surface area contributed by atoms with E-state index in [0.717, 1.165) is 0 Å². The molecule has 0 nitrogen and oxygen atoms in total. The number of hydrogen-bond acceptors (Lipinski definition) is 0. The molecule has 0 saturated carbocycles. The van der Waals surface area contributed by atoms with E-state index in [1.54, 1.807) is 5.57 Å². The van der Waals surface area contributed by atoms with Gasteiger partial charge in [0.1, 0.15) is 0 Å². The number of allylic oxidation sites excluding steroid dienone is 10. The molecule has 20 heavy (non-hydrogen) atoms. The average Bonchev–Trinajstić information content (AvgIpc) is 2.37. The van der Waals surface area contributed by atoms with Crippen LogP contribution in [0.4, 0.5) is 0 Å². The standard InChI is InChI=1S/C20H29/c1-7-16(2)10-8-11-17(3)13-14-19-18(4)12-9-15-20(19,5)6/h7-8,11,13-14H,9,12,15H2,1-6H3/b10-8?,14-13?,16-7-,17-11?. The van der Waals surface area contributed by atoms with Crippen molar-refractivity contribution in [1.82, 2.24) is 0 Å². The zero-order valence-corrected chi connectivity index (χ0v) is 14.0. The highest BCUT2D eigenvalue weighted by Gasteiger charge is 2.26. The fourth-order valence-corrected chi connectivity index (χ4v) is 2.67. The lowest BCUT2D eigenvalue weighted by Crippen LogP contribution is -2.19. The van der Waals surface area contributed by atoms with Crippen molar-refractivity contribution in [3.05, 3.63) is 58.7 Å². The second-order valence-electron chi connectivity index (χ2n) is 6.46. The zero-order chi connectivity index (χ0) is 15.2. The van der Waals surface area contributed by atoms with Crippen LogP contribution in [0, 0.1) is 11.5 Å². The van der Waals surface area contributed by atoms with E-state index in [2.05, 4.69) is 65.0 Å². The molecule has 1 aliphatic rings. The van der Waals surface area contributed by atoms with Gasteiger partial charge in [-0.3, -0.25) is 0 Å². The van der Waals surface area contributed by atoms with E-state index in [4.69, 9.17) is 0 Å². The van der Waals surface area contributed by atoms with Gasteiger partial charge in [0.15, 0.2) is 0 Å². The Balaban J connectivity index is 2.81. The molecule has 0 aromatic heterocycles. The number of hydrogen-bond donors (Lipinski definition) is 0. The maximum absolute atomic E-state index is 3.24. The van der Waals surface area contributed by atoms with E-state index in [9.17, 15) is 0 Å². The van der Waals surface area contributed by atoms with E-state index in [1.807, 2.05) is 13.0 Å². The van der Waals surface area contributed by atoms with Gasteiger partial charge in [0, 0.05) is 0 Å². The summed E-state index contributed by atoms with van der Waals surface area (Å²) in [5.74, 6) is 0. The summed E-state index contributed by atoms with van der Waals surface area (Å²) in [4.78, 5) is 0. The predicted molar refractivity (Wildman–Crippen MR) is 90.5 cm³/mol. The van der Waals surface area contributed by atoms with Crippen LogP contribution in [0.1, 0.15) is 60.8 Å². The first-order chi connectivity index (χ1) is 9.36. The van der Waals surface area contributed by atoms with Crippen molar-refractivity contribution in [2.75, 3.05) is 0 Å². The molecular weight excluding hydrogens is 240 g/mol. The average molecular weight is 269 g/mol. The van der Waals surface area contributed by atoms with E-state index in [1.165, 1.54) is 36.0 Å². The Bertz CT molecular complexity index is 476. The highest BCUT2D eigenvalue weighted by molar-refractivity contribution is 5.36. The molecule has 0 N–H and O–H groups in total. The lowest BCUT2D eigenvalue weighted by molar-refractivity contribution is 0.377. The Labute approximate surface area is 125 Å². The van der Waals surface area contributed by atoms with Crippen LogP contribution in [0.3, 0.4) is 0 Å². The van der Waals surface area contributed by atoms with Crippen molar-refractivity contribution in [2.45, 2.75) is 60.8 Å². The molecule has 0 heteroatoms. The molecule has 1 radical (unpaired) electrons. The molecule has 0 fully saturated rings. The fraction of sp³-hybridized carbons (Fsp3) is 0.500. The third-order valence-corrected chi connectivity index (χ3v) is 4.15.